The molecule has 3 heteroatoms. The Kier molecular flexibility index (Phi) is 7.20. The highest BCUT2D eigenvalue weighted by Gasteiger charge is 2.25. The standard InChI is InChI=1S/C15H33N3/c1-6-13(4)15(16-7-2)12-17-9-10-18(8-3)14(5)11-17/h13-16H,6-12H2,1-5H3. The van der Waals surface area contributed by atoms with E-state index >= 15 is 0 Å². The molecule has 3 unspecified atom stereocenters. The number of rotatable bonds is 7. The Hall–Kier alpha value is -0.120. The average Bonchev–Trinajstić information content (AvgIpc) is 2.37. The first-order chi connectivity index (χ1) is 8.62. The number of hydrogen-bond acceptors (Lipinski definition) is 3. The van der Waals surface area contributed by atoms with E-state index in [-0.39, 0.29) is 0 Å². The van der Waals surface area contributed by atoms with E-state index in [4.69, 9.17) is 0 Å². The van der Waals surface area contributed by atoms with Crippen LogP contribution in [0.3, 0.4) is 0 Å². The molecular formula is C15H33N3. The summed E-state index contributed by atoms with van der Waals surface area (Å²) in [7, 11) is 0. The van der Waals surface area contributed by atoms with Gasteiger partial charge in [0.2, 0.25) is 0 Å². The van der Waals surface area contributed by atoms with Gasteiger partial charge in [0, 0.05) is 38.3 Å². The van der Waals surface area contributed by atoms with E-state index in [0.717, 1.165) is 12.5 Å². The molecule has 1 aliphatic heterocycles. The van der Waals surface area contributed by atoms with E-state index in [1.807, 2.05) is 0 Å². The molecule has 18 heavy (non-hydrogen) atoms. The van der Waals surface area contributed by atoms with E-state index < -0.39 is 0 Å². The Morgan fingerprint density at radius 3 is 2.44 bits per heavy atom. The first-order valence-electron chi connectivity index (χ1n) is 7.82. The number of nitrogens with one attached hydrogen (secondary N) is 1. The molecule has 0 amide bonds. The lowest BCUT2D eigenvalue weighted by Crippen LogP contribution is -2.55. The fraction of sp³-hybridized carbons (Fsp3) is 1.00. The molecular weight excluding hydrogens is 222 g/mol. The van der Waals surface area contributed by atoms with E-state index in [2.05, 4.69) is 49.7 Å². The lowest BCUT2D eigenvalue weighted by Gasteiger charge is -2.41. The third-order valence-corrected chi connectivity index (χ3v) is 4.51. The number of nitrogens with zero attached hydrogens (tertiary/aromatic N) is 2. The molecule has 108 valence electrons. The van der Waals surface area contributed by atoms with E-state index in [0.29, 0.717) is 12.1 Å². The van der Waals surface area contributed by atoms with E-state index in [1.54, 1.807) is 0 Å². The smallest absolute Gasteiger partial charge is 0.0220 e. The molecule has 1 saturated heterocycles. The first kappa shape index (κ1) is 15.9. The summed E-state index contributed by atoms with van der Waals surface area (Å²) in [6.45, 7) is 18.7. The molecule has 0 saturated carbocycles. The van der Waals surface area contributed by atoms with Crippen LogP contribution in [0.15, 0.2) is 0 Å². The lowest BCUT2D eigenvalue weighted by molar-refractivity contribution is 0.0760. The topological polar surface area (TPSA) is 18.5 Å². The minimum absolute atomic E-state index is 0.653. The maximum absolute atomic E-state index is 3.67. The Balaban J connectivity index is 2.45. The van der Waals surface area contributed by atoms with Crippen molar-refractivity contribution in [3.63, 3.8) is 0 Å². The fourth-order valence-corrected chi connectivity index (χ4v) is 2.98. The zero-order valence-corrected chi connectivity index (χ0v) is 13.1. The molecule has 3 atom stereocenters. The summed E-state index contributed by atoms with van der Waals surface area (Å²) in [5, 5.41) is 3.67. The summed E-state index contributed by atoms with van der Waals surface area (Å²) in [5.74, 6) is 0.768. The van der Waals surface area contributed by atoms with Gasteiger partial charge in [0.1, 0.15) is 0 Å². The van der Waals surface area contributed by atoms with Gasteiger partial charge in [-0.05, 0) is 25.9 Å². The quantitative estimate of drug-likeness (QED) is 0.751. The molecule has 0 aliphatic carbocycles. The van der Waals surface area contributed by atoms with Crippen molar-refractivity contribution in [3.05, 3.63) is 0 Å². The molecule has 3 nitrogen and oxygen atoms in total. The van der Waals surface area contributed by atoms with Gasteiger partial charge >= 0.3 is 0 Å². The van der Waals surface area contributed by atoms with Crippen LogP contribution in [0, 0.1) is 5.92 Å². The molecule has 0 aromatic heterocycles. The second kappa shape index (κ2) is 8.13. The van der Waals surface area contributed by atoms with Gasteiger partial charge in [-0.15, -0.1) is 0 Å². The SMILES string of the molecule is CCNC(CN1CCN(CC)C(C)C1)C(C)CC. The summed E-state index contributed by atoms with van der Waals surface area (Å²) >= 11 is 0. The van der Waals surface area contributed by atoms with Crippen LogP contribution in [0.5, 0.6) is 0 Å². The lowest BCUT2D eigenvalue weighted by atomic mass is 9.98. The molecule has 1 aliphatic rings. The van der Waals surface area contributed by atoms with Crippen LogP contribution in [0.2, 0.25) is 0 Å². The summed E-state index contributed by atoms with van der Waals surface area (Å²) in [5.41, 5.74) is 0. The van der Waals surface area contributed by atoms with Crippen LogP contribution >= 0.6 is 0 Å². The normalized spacial score (nSPS) is 26.2. The number of likely N-dealkylation sites (N-methyl/N-ethyl adjacent to an activating group) is 2. The Morgan fingerprint density at radius 2 is 1.94 bits per heavy atom. The van der Waals surface area contributed by atoms with Crippen molar-refractivity contribution < 1.29 is 0 Å². The monoisotopic (exact) mass is 255 g/mol. The maximum Gasteiger partial charge on any atom is 0.0220 e. The molecule has 0 spiro atoms. The van der Waals surface area contributed by atoms with Crippen molar-refractivity contribution in [1.29, 1.82) is 0 Å². The molecule has 0 radical (unpaired) electrons. The molecule has 1 fully saturated rings. The molecule has 1 N–H and O–H groups in total. The Bertz CT molecular complexity index is 220. The highest BCUT2D eigenvalue weighted by molar-refractivity contribution is 4.83. The summed E-state index contributed by atoms with van der Waals surface area (Å²) < 4.78 is 0. The minimum atomic E-state index is 0.653. The molecule has 1 rings (SSSR count). The van der Waals surface area contributed by atoms with Gasteiger partial charge < -0.3 is 5.32 Å². The van der Waals surface area contributed by atoms with Gasteiger partial charge in [0.05, 0.1) is 0 Å². The number of hydrogen-bond donors (Lipinski definition) is 1. The van der Waals surface area contributed by atoms with Crippen LogP contribution in [0.4, 0.5) is 0 Å². The third kappa shape index (κ3) is 4.52. The first-order valence-corrected chi connectivity index (χ1v) is 7.82. The predicted octanol–water partition coefficient (Wildman–Crippen LogP) is 2.04. The van der Waals surface area contributed by atoms with E-state index in [9.17, 15) is 0 Å². The zero-order valence-electron chi connectivity index (χ0n) is 13.1. The molecule has 1 heterocycles. The van der Waals surface area contributed by atoms with Crippen molar-refractivity contribution in [1.82, 2.24) is 15.1 Å². The van der Waals surface area contributed by atoms with Gasteiger partial charge in [0.15, 0.2) is 0 Å². The van der Waals surface area contributed by atoms with Crippen molar-refractivity contribution >= 4 is 0 Å². The maximum atomic E-state index is 3.67. The zero-order chi connectivity index (χ0) is 13.5. The second-order valence-corrected chi connectivity index (χ2v) is 5.79. The summed E-state index contributed by atoms with van der Waals surface area (Å²) in [4.78, 5) is 5.23. The van der Waals surface area contributed by atoms with Crippen molar-refractivity contribution in [2.75, 3.05) is 39.3 Å². The summed E-state index contributed by atoms with van der Waals surface area (Å²) in [6, 6.07) is 1.36. The van der Waals surface area contributed by atoms with Crippen molar-refractivity contribution in [2.24, 2.45) is 5.92 Å². The van der Waals surface area contributed by atoms with Gasteiger partial charge in [-0.25, -0.2) is 0 Å². The van der Waals surface area contributed by atoms with Gasteiger partial charge in [-0.3, -0.25) is 9.80 Å². The van der Waals surface area contributed by atoms with Crippen LogP contribution in [-0.4, -0.2) is 61.2 Å². The van der Waals surface area contributed by atoms with Gasteiger partial charge in [0.25, 0.3) is 0 Å². The number of piperazine rings is 1. The van der Waals surface area contributed by atoms with Crippen molar-refractivity contribution in [3.8, 4) is 0 Å². The highest BCUT2D eigenvalue weighted by atomic mass is 15.3. The fourth-order valence-electron chi connectivity index (χ4n) is 2.98. The van der Waals surface area contributed by atoms with Crippen LogP contribution in [0.25, 0.3) is 0 Å². The van der Waals surface area contributed by atoms with E-state index in [1.165, 1.54) is 39.1 Å². The minimum Gasteiger partial charge on any atom is -0.313 e. The van der Waals surface area contributed by atoms with Gasteiger partial charge in [-0.1, -0.05) is 34.1 Å². The van der Waals surface area contributed by atoms with Gasteiger partial charge in [-0.2, -0.15) is 0 Å². The highest BCUT2D eigenvalue weighted by Crippen LogP contribution is 2.13. The average molecular weight is 255 g/mol. The van der Waals surface area contributed by atoms with Crippen LogP contribution in [-0.2, 0) is 0 Å². The molecule has 0 bridgehead atoms. The van der Waals surface area contributed by atoms with Crippen LogP contribution in [0.1, 0.15) is 41.0 Å². The largest absolute Gasteiger partial charge is 0.313 e. The third-order valence-electron chi connectivity index (χ3n) is 4.51. The summed E-state index contributed by atoms with van der Waals surface area (Å²) in [6.07, 6.45) is 1.27. The Morgan fingerprint density at radius 1 is 1.22 bits per heavy atom. The molecule has 0 aromatic rings. The van der Waals surface area contributed by atoms with Crippen LogP contribution < -0.4 is 5.32 Å². The second-order valence-electron chi connectivity index (χ2n) is 5.79. The predicted molar refractivity (Wildman–Crippen MR) is 80.1 cm³/mol. The molecule has 0 aromatic carbocycles. The Labute approximate surface area is 114 Å². The van der Waals surface area contributed by atoms with Crippen molar-refractivity contribution in [2.45, 2.75) is 53.1 Å².